The molecule has 2 aromatic carbocycles. The second-order valence-corrected chi connectivity index (χ2v) is 6.79. The van der Waals surface area contributed by atoms with Crippen LogP contribution < -0.4 is 0 Å². The molecule has 0 unspecified atom stereocenters. The molecule has 2 aromatic rings. The van der Waals surface area contributed by atoms with E-state index in [2.05, 4.69) is 39.1 Å². The van der Waals surface area contributed by atoms with E-state index in [1.165, 1.54) is 11.1 Å². The van der Waals surface area contributed by atoms with Crippen LogP contribution in [0.5, 0.6) is 11.5 Å². The van der Waals surface area contributed by atoms with Crippen molar-refractivity contribution in [2.75, 3.05) is 0 Å². The molecule has 0 fully saturated rings. The smallest absolute Gasteiger partial charge is 0.119 e. The SMILES string of the molecule is C=CCc1cc([C@H](CC)[C@@H](CC)c2ccc(O)c(CC=C)c2)ccc1O. The van der Waals surface area contributed by atoms with Gasteiger partial charge in [-0.05, 0) is 71.9 Å². The van der Waals surface area contributed by atoms with Gasteiger partial charge in [-0.3, -0.25) is 0 Å². The highest BCUT2D eigenvalue weighted by atomic mass is 16.3. The van der Waals surface area contributed by atoms with E-state index in [0.717, 1.165) is 24.0 Å². The Labute approximate surface area is 157 Å². The minimum Gasteiger partial charge on any atom is -0.508 e. The van der Waals surface area contributed by atoms with Crippen molar-refractivity contribution in [2.24, 2.45) is 0 Å². The fraction of sp³-hybridized carbons (Fsp3) is 0.333. The Bertz CT molecular complexity index is 695. The molecule has 0 aliphatic carbocycles. The molecule has 2 N–H and O–H groups in total. The molecule has 2 nitrogen and oxygen atoms in total. The van der Waals surface area contributed by atoms with Gasteiger partial charge in [0.25, 0.3) is 0 Å². The molecule has 138 valence electrons. The van der Waals surface area contributed by atoms with Crippen molar-refractivity contribution < 1.29 is 10.2 Å². The van der Waals surface area contributed by atoms with Crippen molar-refractivity contribution in [1.29, 1.82) is 0 Å². The van der Waals surface area contributed by atoms with Gasteiger partial charge >= 0.3 is 0 Å². The maximum atomic E-state index is 10.1. The predicted octanol–water partition coefficient (Wildman–Crippen LogP) is 6.24. The minimum atomic E-state index is 0.328. The first-order valence-electron chi connectivity index (χ1n) is 9.40. The first kappa shape index (κ1) is 19.8. The van der Waals surface area contributed by atoms with Gasteiger partial charge in [0, 0.05) is 0 Å². The summed E-state index contributed by atoms with van der Waals surface area (Å²) in [4.78, 5) is 0. The average molecular weight is 351 g/mol. The summed E-state index contributed by atoms with van der Waals surface area (Å²) in [6.45, 7) is 12.0. The zero-order valence-corrected chi connectivity index (χ0v) is 15.9. The second kappa shape index (κ2) is 9.28. The highest BCUT2D eigenvalue weighted by Crippen LogP contribution is 2.40. The van der Waals surface area contributed by atoms with Crippen LogP contribution in [0.2, 0.25) is 0 Å². The van der Waals surface area contributed by atoms with Gasteiger partial charge in [-0.2, -0.15) is 0 Å². The zero-order valence-electron chi connectivity index (χ0n) is 15.9. The molecule has 2 heteroatoms. The van der Waals surface area contributed by atoms with Gasteiger partial charge in [0.15, 0.2) is 0 Å². The normalized spacial score (nSPS) is 13.2. The van der Waals surface area contributed by atoms with E-state index >= 15 is 0 Å². The van der Waals surface area contributed by atoms with Crippen LogP contribution in [0.1, 0.15) is 60.8 Å². The lowest BCUT2D eigenvalue weighted by molar-refractivity contribution is 0.464. The summed E-state index contributed by atoms with van der Waals surface area (Å²) in [5.41, 5.74) is 4.33. The van der Waals surface area contributed by atoms with Crippen LogP contribution in [0, 0.1) is 0 Å². The summed E-state index contributed by atoms with van der Waals surface area (Å²) >= 11 is 0. The molecule has 0 saturated heterocycles. The number of hydrogen-bond acceptors (Lipinski definition) is 2. The van der Waals surface area contributed by atoms with Crippen LogP contribution in [0.3, 0.4) is 0 Å². The van der Waals surface area contributed by atoms with E-state index in [1.54, 1.807) is 12.1 Å². The third-order valence-corrected chi connectivity index (χ3v) is 5.16. The Morgan fingerprint density at radius 1 is 0.769 bits per heavy atom. The molecule has 0 spiro atoms. The molecule has 0 aliphatic heterocycles. The minimum absolute atomic E-state index is 0.328. The van der Waals surface area contributed by atoms with Crippen molar-refractivity contribution >= 4 is 0 Å². The molecule has 26 heavy (non-hydrogen) atoms. The van der Waals surface area contributed by atoms with Crippen LogP contribution in [-0.2, 0) is 12.8 Å². The van der Waals surface area contributed by atoms with E-state index in [1.807, 2.05) is 24.3 Å². The van der Waals surface area contributed by atoms with Crippen molar-refractivity contribution in [2.45, 2.75) is 51.4 Å². The number of phenols is 2. The van der Waals surface area contributed by atoms with E-state index in [9.17, 15) is 10.2 Å². The van der Waals surface area contributed by atoms with Crippen molar-refractivity contribution in [3.05, 3.63) is 84.0 Å². The highest BCUT2D eigenvalue weighted by molar-refractivity contribution is 5.42. The van der Waals surface area contributed by atoms with Crippen molar-refractivity contribution in [1.82, 2.24) is 0 Å². The molecule has 0 amide bonds. The first-order chi connectivity index (χ1) is 12.5. The lowest BCUT2D eigenvalue weighted by Gasteiger charge is -2.27. The van der Waals surface area contributed by atoms with Gasteiger partial charge < -0.3 is 10.2 Å². The fourth-order valence-electron chi connectivity index (χ4n) is 3.82. The van der Waals surface area contributed by atoms with Gasteiger partial charge in [-0.15, -0.1) is 13.2 Å². The maximum Gasteiger partial charge on any atom is 0.119 e. The lowest BCUT2D eigenvalue weighted by atomic mass is 9.77. The number of hydrogen-bond donors (Lipinski definition) is 2. The molecular formula is C24H30O2. The Hall–Kier alpha value is -2.48. The van der Waals surface area contributed by atoms with Crippen LogP contribution in [0.25, 0.3) is 0 Å². The molecular weight excluding hydrogens is 320 g/mol. The largest absolute Gasteiger partial charge is 0.508 e. The van der Waals surface area contributed by atoms with Crippen molar-refractivity contribution in [3.63, 3.8) is 0 Å². The van der Waals surface area contributed by atoms with Gasteiger partial charge in [-0.1, -0.05) is 50.3 Å². The van der Waals surface area contributed by atoms with Crippen LogP contribution in [-0.4, -0.2) is 10.2 Å². The number of allylic oxidation sites excluding steroid dienone is 2. The summed E-state index contributed by atoms with van der Waals surface area (Å²) < 4.78 is 0. The molecule has 0 aliphatic rings. The number of rotatable bonds is 9. The van der Waals surface area contributed by atoms with Crippen molar-refractivity contribution in [3.8, 4) is 11.5 Å². The maximum absolute atomic E-state index is 10.1. The standard InChI is InChI=1S/C24H30O2/c1-5-9-19-15-17(11-13-23(19)25)21(7-3)22(8-4)18-12-14-24(26)20(16-18)10-6-2/h5-6,11-16,21-22,25-26H,1-2,7-10H2,3-4H3/t21-,22-/m0/s1. The van der Waals surface area contributed by atoms with Crippen LogP contribution in [0.15, 0.2) is 61.7 Å². The van der Waals surface area contributed by atoms with Crippen LogP contribution in [0.4, 0.5) is 0 Å². The molecule has 2 atom stereocenters. The summed E-state index contributed by atoms with van der Waals surface area (Å²) in [5.74, 6) is 1.36. The number of benzene rings is 2. The predicted molar refractivity (Wildman–Crippen MR) is 110 cm³/mol. The Morgan fingerprint density at radius 3 is 1.46 bits per heavy atom. The molecule has 0 bridgehead atoms. The lowest BCUT2D eigenvalue weighted by Crippen LogP contribution is -2.11. The Morgan fingerprint density at radius 2 is 1.15 bits per heavy atom. The summed E-state index contributed by atoms with van der Waals surface area (Å²) in [5, 5.41) is 20.1. The van der Waals surface area contributed by atoms with E-state index in [4.69, 9.17) is 0 Å². The molecule has 0 heterocycles. The van der Waals surface area contributed by atoms with Gasteiger partial charge in [-0.25, -0.2) is 0 Å². The highest BCUT2D eigenvalue weighted by Gasteiger charge is 2.23. The number of phenolic OH excluding ortho intramolecular Hbond substituents is 2. The Balaban J connectivity index is 2.43. The van der Waals surface area contributed by atoms with Crippen LogP contribution >= 0.6 is 0 Å². The van der Waals surface area contributed by atoms with Gasteiger partial charge in [0.05, 0.1) is 0 Å². The van der Waals surface area contributed by atoms with Gasteiger partial charge in [0.1, 0.15) is 11.5 Å². The molecule has 0 aromatic heterocycles. The summed E-state index contributed by atoms with van der Waals surface area (Å²) in [7, 11) is 0. The van der Waals surface area contributed by atoms with E-state index < -0.39 is 0 Å². The molecule has 0 saturated carbocycles. The summed E-state index contributed by atoms with van der Waals surface area (Å²) in [6.07, 6.45) is 6.98. The van der Waals surface area contributed by atoms with E-state index in [-0.39, 0.29) is 0 Å². The topological polar surface area (TPSA) is 40.5 Å². The van der Waals surface area contributed by atoms with Gasteiger partial charge in [0.2, 0.25) is 0 Å². The molecule has 2 rings (SSSR count). The van der Waals surface area contributed by atoms with E-state index in [0.29, 0.717) is 36.2 Å². The zero-order chi connectivity index (χ0) is 19.1. The fourth-order valence-corrected chi connectivity index (χ4v) is 3.82. The quantitative estimate of drug-likeness (QED) is 0.525. The number of aromatic hydroxyl groups is 2. The second-order valence-electron chi connectivity index (χ2n) is 6.79. The monoisotopic (exact) mass is 350 g/mol. The third kappa shape index (κ3) is 4.37. The third-order valence-electron chi connectivity index (χ3n) is 5.16. The molecule has 0 radical (unpaired) electrons. The summed E-state index contributed by atoms with van der Waals surface area (Å²) in [6, 6.07) is 11.9. The first-order valence-corrected chi connectivity index (χ1v) is 9.40. The Kier molecular flexibility index (Phi) is 7.08. The average Bonchev–Trinajstić information content (AvgIpc) is 2.64.